The highest BCUT2D eigenvalue weighted by Crippen LogP contribution is 2.20. The van der Waals surface area contributed by atoms with Gasteiger partial charge in [0.05, 0.1) is 18.6 Å². The summed E-state index contributed by atoms with van der Waals surface area (Å²) in [5, 5.41) is 0. The van der Waals surface area contributed by atoms with Crippen LogP contribution in [0.3, 0.4) is 0 Å². The Kier molecular flexibility index (Phi) is 6.68. The van der Waals surface area contributed by atoms with Crippen LogP contribution < -0.4 is 5.73 Å². The zero-order chi connectivity index (χ0) is 15.1. The molecular weight excluding hydrogens is 252 g/mol. The van der Waals surface area contributed by atoms with Gasteiger partial charge >= 0.3 is 0 Å². The molecule has 0 radical (unpaired) electrons. The molecule has 1 rings (SSSR count). The molecule has 4 heteroatoms. The summed E-state index contributed by atoms with van der Waals surface area (Å²) in [6.45, 7) is 6.97. The lowest BCUT2D eigenvalue weighted by molar-refractivity contribution is -0.135. The van der Waals surface area contributed by atoms with Crippen molar-refractivity contribution in [2.24, 2.45) is 11.7 Å². The average molecular weight is 278 g/mol. The molecular formula is C16H26N2O2. The first kappa shape index (κ1) is 16.7. The summed E-state index contributed by atoms with van der Waals surface area (Å²) in [6.07, 6.45) is 0.183. The molecule has 0 heterocycles. The molecule has 0 aliphatic heterocycles. The van der Waals surface area contributed by atoms with Crippen LogP contribution in [0.5, 0.6) is 0 Å². The zero-order valence-corrected chi connectivity index (χ0v) is 12.9. The van der Waals surface area contributed by atoms with Gasteiger partial charge in [0.25, 0.3) is 0 Å². The Labute approximate surface area is 121 Å². The number of nitrogens with zero attached hydrogens (tertiary/aromatic N) is 1. The Hall–Kier alpha value is -1.39. The average Bonchev–Trinajstić information content (AvgIpc) is 2.45. The highest BCUT2D eigenvalue weighted by Gasteiger charge is 2.24. The van der Waals surface area contributed by atoms with Crippen LogP contribution >= 0.6 is 0 Å². The van der Waals surface area contributed by atoms with Crippen molar-refractivity contribution >= 4 is 5.91 Å². The number of ether oxygens (including phenoxy) is 1. The van der Waals surface area contributed by atoms with Crippen molar-refractivity contribution in [3.05, 3.63) is 35.9 Å². The molecule has 2 N–H and O–H groups in total. The van der Waals surface area contributed by atoms with E-state index in [9.17, 15) is 4.79 Å². The van der Waals surface area contributed by atoms with E-state index in [1.165, 1.54) is 0 Å². The second-order valence-corrected chi connectivity index (χ2v) is 5.40. The number of nitrogens with two attached hydrogens (primary N) is 1. The van der Waals surface area contributed by atoms with Gasteiger partial charge in [-0.3, -0.25) is 4.79 Å². The summed E-state index contributed by atoms with van der Waals surface area (Å²) in [7, 11) is 1.79. The van der Waals surface area contributed by atoms with Crippen molar-refractivity contribution in [1.29, 1.82) is 0 Å². The van der Waals surface area contributed by atoms with Gasteiger partial charge in [0, 0.05) is 19.6 Å². The standard InChI is InChI=1S/C16H26N2O2/c1-12(2)20-11-10-18(4)16(19)13(3)15(17)14-8-6-5-7-9-14/h5-9,12-13,15H,10-11,17H2,1-4H3. The molecule has 2 unspecified atom stereocenters. The van der Waals surface area contributed by atoms with Crippen LogP contribution in [-0.4, -0.2) is 37.1 Å². The van der Waals surface area contributed by atoms with Gasteiger partial charge in [-0.1, -0.05) is 37.3 Å². The van der Waals surface area contributed by atoms with E-state index in [1.54, 1.807) is 11.9 Å². The van der Waals surface area contributed by atoms with Crippen molar-refractivity contribution < 1.29 is 9.53 Å². The van der Waals surface area contributed by atoms with E-state index in [2.05, 4.69) is 0 Å². The number of rotatable bonds is 7. The first-order valence-electron chi connectivity index (χ1n) is 7.10. The fraction of sp³-hybridized carbons (Fsp3) is 0.562. The lowest BCUT2D eigenvalue weighted by Gasteiger charge is -2.25. The molecule has 0 aliphatic carbocycles. The van der Waals surface area contributed by atoms with E-state index in [0.717, 1.165) is 5.56 Å². The van der Waals surface area contributed by atoms with Crippen LogP contribution in [0.25, 0.3) is 0 Å². The Balaban J connectivity index is 2.53. The molecule has 1 aromatic rings. The Bertz CT molecular complexity index is 406. The normalized spacial score (nSPS) is 14.1. The van der Waals surface area contributed by atoms with Crippen LogP contribution in [0, 0.1) is 5.92 Å². The Morgan fingerprint density at radius 3 is 2.40 bits per heavy atom. The maximum atomic E-state index is 12.3. The van der Waals surface area contributed by atoms with Crippen molar-refractivity contribution in [3.8, 4) is 0 Å². The molecule has 20 heavy (non-hydrogen) atoms. The van der Waals surface area contributed by atoms with E-state index < -0.39 is 0 Å². The van der Waals surface area contributed by atoms with E-state index in [-0.39, 0.29) is 24.0 Å². The minimum Gasteiger partial charge on any atom is -0.377 e. The van der Waals surface area contributed by atoms with Gasteiger partial charge in [-0.05, 0) is 19.4 Å². The Morgan fingerprint density at radius 2 is 1.85 bits per heavy atom. The van der Waals surface area contributed by atoms with E-state index in [4.69, 9.17) is 10.5 Å². The summed E-state index contributed by atoms with van der Waals surface area (Å²) in [6, 6.07) is 9.45. The number of amides is 1. The van der Waals surface area contributed by atoms with Crippen molar-refractivity contribution in [3.63, 3.8) is 0 Å². The molecule has 112 valence electrons. The minimum atomic E-state index is -0.280. The predicted molar refractivity (Wildman–Crippen MR) is 81.3 cm³/mol. The maximum absolute atomic E-state index is 12.3. The van der Waals surface area contributed by atoms with Crippen LogP contribution in [0.4, 0.5) is 0 Å². The number of hydrogen-bond donors (Lipinski definition) is 1. The van der Waals surface area contributed by atoms with Gasteiger partial charge in [-0.2, -0.15) is 0 Å². The number of hydrogen-bond acceptors (Lipinski definition) is 3. The molecule has 0 saturated carbocycles. The first-order valence-corrected chi connectivity index (χ1v) is 7.10. The van der Waals surface area contributed by atoms with E-state index in [0.29, 0.717) is 13.2 Å². The van der Waals surface area contributed by atoms with Gasteiger partial charge in [-0.25, -0.2) is 0 Å². The number of benzene rings is 1. The molecule has 0 aliphatic rings. The molecule has 0 bridgehead atoms. The first-order chi connectivity index (χ1) is 9.43. The third-order valence-corrected chi connectivity index (χ3v) is 3.37. The lowest BCUT2D eigenvalue weighted by atomic mass is 9.94. The molecule has 2 atom stereocenters. The third-order valence-electron chi connectivity index (χ3n) is 3.37. The molecule has 0 aromatic heterocycles. The van der Waals surface area contributed by atoms with E-state index in [1.807, 2.05) is 51.1 Å². The van der Waals surface area contributed by atoms with Crippen molar-refractivity contribution in [1.82, 2.24) is 4.90 Å². The van der Waals surface area contributed by atoms with Crippen LogP contribution in [-0.2, 0) is 9.53 Å². The van der Waals surface area contributed by atoms with Crippen LogP contribution in [0.2, 0.25) is 0 Å². The second-order valence-electron chi connectivity index (χ2n) is 5.40. The largest absolute Gasteiger partial charge is 0.377 e. The summed E-state index contributed by atoms with van der Waals surface area (Å²) >= 11 is 0. The van der Waals surface area contributed by atoms with Gasteiger partial charge in [0.15, 0.2) is 0 Å². The number of carbonyl (C=O) groups is 1. The zero-order valence-electron chi connectivity index (χ0n) is 12.9. The molecule has 0 saturated heterocycles. The smallest absolute Gasteiger partial charge is 0.227 e. The predicted octanol–water partition coefficient (Wildman–Crippen LogP) is 2.21. The van der Waals surface area contributed by atoms with E-state index >= 15 is 0 Å². The monoisotopic (exact) mass is 278 g/mol. The van der Waals surface area contributed by atoms with Crippen molar-refractivity contribution in [2.75, 3.05) is 20.2 Å². The second kappa shape index (κ2) is 8.02. The molecule has 0 spiro atoms. The molecule has 0 fully saturated rings. The number of carbonyl (C=O) groups excluding carboxylic acids is 1. The fourth-order valence-electron chi connectivity index (χ4n) is 2.00. The quantitative estimate of drug-likeness (QED) is 0.832. The lowest BCUT2D eigenvalue weighted by Crippen LogP contribution is -2.38. The third kappa shape index (κ3) is 4.94. The van der Waals surface area contributed by atoms with Crippen LogP contribution in [0.1, 0.15) is 32.4 Å². The summed E-state index contributed by atoms with van der Waals surface area (Å²) < 4.78 is 5.46. The number of likely N-dealkylation sites (N-methyl/N-ethyl adjacent to an activating group) is 1. The Morgan fingerprint density at radius 1 is 1.25 bits per heavy atom. The van der Waals surface area contributed by atoms with Gasteiger partial charge in [0.1, 0.15) is 0 Å². The summed E-state index contributed by atoms with van der Waals surface area (Å²) in [5.41, 5.74) is 7.16. The molecule has 4 nitrogen and oxygen atoms in total. The molecule has 1 amide bonds. The SMILES string of the molecule is CC(C)OCCN(C)C(=O)C(C)C(N)c1ccccc1. The minimum absolute atomic E-state index is 0.0497. The summed E-state index contributed by atoms with van der Waals surface area (Å²) in [5.74, 6) is -0.199. The highest BCUT2D eigenvalue weighted by atomic mass is 16.5. The fourth-order valence-corrected chi connectivity index (χ4v) is 2.00. The molecule has 1 aromatic carbocycles. The summed E-state index contributed by atoms with van der Waals surface area (Å²) in [4.78, 5) is 14.0. The van der Waals surface area contributed by atoms with Crippen LogP contribution in [0.15, 0.2) is 30.3 Å². The maximum Gasteiger partial charge on any atom is 0.227 e. The van der Waals surface area contributed by atoms with Gasteiger partial charge in [-0.15, -0.1) is 0 Å². The highest BCUT2D eigenvalue weighted by molar-refractivity contribution is 5.79. The van der Waals surface area contributed by atoms with Gasteiger partial charge < -0.3 is 15.4 Å². The van der Waals surface area contributed by atoms with Crippen molar-refractivity contribution in [2.45, 2.75) is 32.9 Å². The van der Waals surface area contributed by atoms with Gasteiger partial charge in [0.2, 0.25) is 5.91 Å². The topological polar surface area (TPSA) is 55.6 Å².